The van der Waals surface area contributed by atoms with Crippen molar-refractivity contribution in [2.45, 2.75) is 12.8 Å². The molecule has 0 aromatic heterocycles. The lowest BCUT2D eigenvalue weighted by Crippen LogP contribution is -2.09. The maximum atomic E-state index is 13.5. The first-order valence-electron chi connectivity index (χ1n) is 6.45. The molecule has 3 nitrogen and oxygen atoms in total. The van der Waals surface area contributed by atoms with Gasteiger partial charge in [-0.15, -0.1) is 0 Å². The summed E-state index contributed by atoms with van der Waals surface area (Å²) in [5, 5.41) is 9.00. The van der Waals surface area contributed by atoms with Gasteiger partial charge in [0.15, 0.2) is 0 Å². The first-order chi connectivity index (χ1) is 9.66. The van der Waals surface area contributed by atoms with Gasteiger partial charge in [-0.3, -0.25) is 0 Å². The number of carbonyl (C=O) groups is 1. The van der Waals surface area contributed by atoms with Gasteiger partial charge in [-0.2, -0.15) is 0 Å². The molecule has 2 aromatic carbocycles. The molecule has 102 valence electrons. The molecule has 0 amide bonds. The average molecular weight is 272 g/mol. The van der Waals surface area contributed by atoms with E-state index >= 15 is 0 Å². The first-order valence-corrected chi connectivity index (χ1v) is 6.45. The van der Waals surface area contributed by atoms with E-state index in [1.165, 1.54) is 12.1 Å². The predicted octanol–water partition coefficient (Wildman–Crippen LogP) is 3.52. The Morgan fingerprint density at radius 2 is 2.10 bits per heavy atom. The highest BCUT2D eigenvalue weighted by molar-refractivity contribution is 5.90. The molecular weight excluding hydrogens is 259 g/mol. The summed E-state index contributed by atoms with van der Waals surface area (Å²) >= 11 is 0. The lowest BCUT2D eigenvalue weighted by atomic mass is 9.96. The maximum Gasteiger partial charge on any atom is 0.338 e. The largest absolute Gasteiger partial charge is 0.493 e. The molecule has 0 radical (unpaired) electrons. The Hall–Kier alpha value is -2.36. The van der Waals surface area contributed by atoms with Crippen LogP contribution in [0.5, 0.6) is 5.75 Å². The fraction of sp³-hybridized carbons (Fsp3) is 0.188. The van der Waals surface area contributed by atoms with Crippen LogP contribution in [0.1, 0.15) is 22.3 Å². The Balaban J connectivity index is 2.14. The van der Waals surface area contributed by atoms with Crippen LogP contribution in [-0.2, 0) is 6.42 Å². The molecule has 1 aliphatic rings. The highest BCUT2D eigenvalue weighted by atomic mass is 19.1. The minimum absolute atomic E-state index is 0.323. The minimum Gasteiger partial charge on any atom is -0.493 e. The minimum atomic E-state index is -1.27. The van der Waals surface area contributed by atoms with Crippen molar-refractivity contribution >= 4 is 5.97 Å². The summed E-state index contributed by atoms with van der Waals surface area (Å²) < 4.78 is 19.2. The number of halogens is 1. The lowest BCUT2D eigenvalue weighted by Gasteiger charge is -2.20. The van der Waals surface area contributed by atoms with E-state index in [1.54, 1.807) is 6.07 Å². The molecule has 0 unspecified atom stereocenters. The third kappa shape index (κ3) is 2.13. The van der Waals surface area contributed by atoms with Gasteiger partial charge in [0.05, 0.1) is 12.2 Å². The van der Waals surface area contributed by atoms with Gasteiger partial charge in [0.2, 0.25) is 0 Å². The number of fused-ring (bicyclic) bond motifs is 1. The fourth-order valence-corrected chi connectivity index (χ4v) is 2.47. The highest BCUT2D eigenvalue weighted by Gasteiger charge is 2.17. The zero-order valence-electron chi connectivity index (χ0n) is 10.7. The van der Waals surface area contributed by atoms with E-state index in [9.17, 15) is 9.18 Å². The normalized spacial score (nSPS) is 13.4. The topological polar surface area (TPSA) is 46.5 Å². The zero-order valence-corrected chi connectivity index (χ0v) is 10.7. The van der Waals surface area contributed by atoms with Crippen LogP contribution in [0.4, 0.5) is 4.39 Å². The Kier molecular flexibility index (Phi) is 3.14. The summed E-state index contributed by atoms with van der Waals surface area (Å²) in [5.41, 5.74) is 2.25. The van der Waals surface area contributed by atoms with Crippen LogP contribution in [0.25, 0.3) is 11.1 Å². The van der Waals surface area contributed by atoms with Crippen molar-refractivity contribution in [1.82, 2.24) is 0 Å². The summed E-state index contributed by atoms with van der Waals surface area (Å²) in [4.78, 5) is 11.0. The number of hydrogen-bond acceptors (Lipinski definition) is 2. The van der Waals surface area contributed by atoms with Gasteiger partial charge in [-0.1, -0.05) is 24.3 Å². The second-order valence-corrected chi connectivity index (χ2v) is 4.75. The number of para-hydroxylation sites is 1. The van der Waals surface area contributed by atoms with E-state index in [4.69, 9.17) is 9.84 Å². The number of aromatic carboxylic acids is 1. The number of carboxylic acids is 1. The lowest BCUT2D eigenvalue weighted by molar-refractivity contribution is 0.0692. The second-order valence-electron chi connectivity index (χ2n) is 4.75. The smallest absolute Gasteiger partial charge is 0.338 e. The molecule has 0 aliphatic carbocycles. The predicted molar refractivity (Wildman–Crippen MR) is 72.6 cm³/mol. The average Bonchev–Trinajstić information content (AvgIpc) is 2.47. The van der Waals surface area contributed by atoms with Crippen molar-refractivity contribution in [3.8, 4) is 16.9 Å². The molecule has 4 heteroatoms. The summed E-state index contributed by atoms with van der Waals surface area (Å²) in [6.45, 7) is 0.650. The third-order valence-electron chi connectivity index (χ3n) is 3.44. The first kappa shape index (κ1) is 12.7. The molecule has 2 aromatic rings. The number of carboxylic acid groups (broad SMARTS) is 1. The van der Waals surface area contributed by atoms with Crippen LogP contribution in [-0.4, -0.2) is 17.7 Å². The zero-order chi connectivity index (χ0) is 14.1. The van der Waals surface area contributed by atoms with Crippen molar-refractivity contribution in [3.63, 3.8) is 0 Å². The van der Waals surface area contributed by atoms with E-state index in [2.05, 4.69) is 0 Å². The molecule has 0 spiro atoms. The molecule has 3 rings (SSSR count). The van der Waals surface area contributed by atoms with Crippen molar-refractivity contribution < 1.29 is 19.0 Å². The molecule has 1 aliphatic heterocycles. The standard InChI is InChI=1S/C16H13FO3/c17-14-7-6-11(9-13(14)16(18)19)12-5-1-3-10-4-2-8-20-15(10)12/h1,3,5-7,9H,2,4,8H2,(H,18,19). The van der Waals surface area contributed by atoms with E-state index in [0.29, 0.717) is 12.2 Å². The highest BCUT2D eigenvalue weighted by Crippen LogP contribution is 2.36. The van der Waals surface area contributed by atoms with E-state index in [0.717, 1.165) is 29.7 Å². The van der Waals surface area contributed by atoms with Crippen LogP contribution in [0.3, 0.4) is 0 Å². The quantitative estimate of drug-likeness (QED) is 0.909. The van der Waals surface area contributed by atoms with Crippen LogP contribution in [0.15, 0.2) is 36.4 Å². The van der Waals surface area contributed by atoms with Gasteiger partial charge in [-0.05, 0) is 36.1 Å². The second kappa shape index (κ2) is 4.96. The van der Waals surface area contributed by atoms with Crippen LogP contribution in [0.2, 0.25) is 0 Å². The number of hydrogen-bond donors (Lipinski definition) is 1. The molecule has 1 N–H and O–H groups in total. The number of aryl methyl sites for hydroxylation is 1. The molecule has 0 atom stereocenters. The molecule has 20 heavy (non-hydrogen) atoms. The fourth-order valence-electron chi connectivity index (χ4n) is 2.47. The summed E-state index contributed by atoms with van der Waals surface area (Å²) in [7, 11) is 0. The Bertz CT molecular complexity index is 679. The Morgan fingerprint density at radius 3 is 2.90 bits per heavy atom. The van der Waals surface area contributed by atoms with Crippen molar-refractivity contribution in [2.75, 3.05) is 6.61 Å². The van der Waals surface area contributed by atoms with Gasteiger partial charge in [0, 0.05) is 5.56 Å². The van der Waals surface area contributed by atoms with Gasteiger partial charge < -0.3 is 9.84 Å². The van der Waals surface area contributed by atoms with Crippen molar-refractivity contribution in [1.29, 1.82) is 0 Å². The molecular formula is C16H13FO3. The Labute approximate surface area is 115 Å². The molecule has 0 saturated heterocycles. The SMILES string of the molecule is O=C(O)c1cc(-c2cccc3c2OCCC3)ccc1F. The van der Waals surface area contributed by atoms with E-state index in [-0.39, 0.29) is 5.56 Å². The third-order valence-corrected chi connectivity index (χ3v) is 3.44. The van der Waals surface area contributed by atoms with Crippen LogP contribution in [0, 0.1) is 5.82 Å². The number of rotatable bonds is 2. The van der Waals surface area contributed by atoms with E-state index in [1.807, 2.05) is 18.2 Å². The van der Waals surface area contributed by atoms with Gasteiger partial charge >= 0.3 is 5.97 Å². The Morgan fingerprint density at radius 1 is 1.25 bits per heavy atom. The van der Waals surface area contributed by atoms with Crippen molar-refractivity contribution in [3.05, 3.63) is 53.3 Å². The van der Waals surface area contributed by atoms with Crippen LogP contribution < -0.4 is 4.74 Å². The van der Waals surface area contributed by atoms with Gasteiger partial charge in [0.25, 0.3) is 0 Å². The molecule has 0 saturated carbocycles. The summed E-state index contributed by atoms with van der Waals surface area (Å²) in [6.07, 6.45) is 1.91. The number of benzene rings is 2. The summed E-state index contributed by atoms with van der Waals surface area (Å²) in [5.74, 6) is -1.22. The molecule has 0 fully saturated rings. The van der Waals surface area contributed by atoms with Gasteiger partial charge in [-0.25, -0.2) is 9.18 Å². The maximum absolute atomic E-state index is 13.5. The monoisotopic (exact) mass is 272 g/mol. The van der Waals surface area contributed by atoms with Gasteiger partial charge in [0.1, 0.15) is 11.6 Å². The van der Waals surface area contributed by atoms with Crippen molar-refractivity contribution in [2.24, 2.45) is 0 Å². The molecule has 0 bridgehead atoms. The summed E-state index contributed by atoms with van der Waals surface area (Å²) in [6, 6.07) is 9.89. The van der Waals surface area contributed by atoms with E-state index < -0.39 is 11.8 Å². The molecule has 1 heterocycles. The number of ether oxygens (including phenoxy) is 1. The van der Waals surface area contributed by atoms with Crippen LogP contribution >= 0.6 is 0 Å².